The molecule has 0 saturated carbocycles. The average Bonchev–Trinajstić information content (AvgIpc) is 2.80. The van der Waals surface area contributed by atoms with Crippen LogP contribution in [0, 0.1) is 0 Å². The number of hydrogen-bond donors (Lipinski definition) is 2. The second-order valence-corrected chi connectivity index (χ2v) is 8.10. The number of benzene rings is 3. The molecule has 1 saturated heterocycles. The molecule has 0 spiro atoms. The summed E-state index contributed by atoms with van der Waals surface area (Å²) in [7, 11) is 2.18. The highest BCUT2D eigenvalue weighted by molar-refractivity contribution is 5.95. The van der Waals surface area contributed by atoms with Crippen molar-refractivity contribution in [1.29, 1.82) is 0 Å². The Kier molecular flexibility index (Phi) is 5.18. The molecule has 1 aliphatic rings. The van der Waals surface area contributed by atoms with Crippen LogP contribution in [0.1, 0.15) is 0 Å². The van der Waals surface area contributed by atoms with Gasteiger partial charge in [0.1, 0.15) is 5.75 Å². The number of nitrogens with zero attached hydrogens (tertiary/aromatic N) is 3. The first kappa shape index (κ1) is 19.4. The summed E-state index contributed by atoms with van der Waals surface area (Å²) in [6.07, 6.45) is 1.83. The molecular weight excluding hydrogens is 384 g/mol. The third kappa shape index (κ3) is 4.18. The lowest BCUT2D eigenvalue weighted by Crippen LogP contribution is -2.44. The van der Waals surface area contributed by atoms with Gasteiger partial charge in [0, 0.05) is 54.8 Å². The van der Waals surface area contributed by atoms with Gasteiger partial charge in [-0.25, -0.2) is 0 Å². The van der Waals surface area contributed by atoms with Gasteiger partial charge in [-0.15, -0.1) is 0 Å². The van der Waals surface area contributed by atoms with E-state index in [-0.39, 0.29) is 5.75 Å². The monoisotopic (exact) mass is 410 g/mol. The average molecular weight is 411 g/mol. The summed E-state index contributed by atoms with van der Waals surface area (Å²) in [5, 5.41) is 14.4. The van der Waals surface area contributed by atoms with Crippen LogP contribution in [-0.2, 0) is 0 Å². The number of phenols is 1. The Morgan fingerprint density at radius 3 is 2.39 bits per heavy atom. The first-order chi connectivity index (χ1) is 15.2. The molecule has 2 N–H and O–H groups in total. The van der Waals surface area contributed by atoms with Crippen LogP contribution in [0.2, 0.25) is 0 Å². The highest BCUT2D eigenvalue weighted by Crippen LogP contribution is 2.31. The van der Waals surface area contributed by atoms with Crippen LogP contribution >= 0.6 is 0 Å². The number of rotatable bonds is 4. The second-order valence-electron chi connectivity index (χ2n) is 8.10. The number of piperazine rings is 1. The zero-order valence-electron chi connectivity index (χ0n) is 17.6. The van der Waals surface area contributed by atoms with Gasteiger partial charge in [0.2, 0.25) is 0 Å². The van der Waals surface area contributed by atoms with E-state index < -0.39 is 0 Å². The number of pyridine rings is 1. The van der Waals surface area contributed by atoms with E-state index in [1.807, 2.05) is 36.5 Å². The molecule has 0 aliphatic carbocycles. The molecule has 156 valence electrons. The number of fused-ring (bicyclic) bond motifs is 1. The number of likely N-dealkylation sites (N-methyl/N-ethyl adjacent to an activating group) is 1. The van der Waals surface area contributed by atoms with Gasteiger partial charge < -0.3 is 20.2 Å². The molecule has 0 atom stereocenters. The molecule has 0 amide bonds. The summed E-state index contributed by atoms with van der Waals surface area (Å²) in [5.41, 5.74) is 6.29. The fourth-order valence-corrected chi connectivity index (χ4v) is 4.10. The minimum absolute atomic E-state index is 0.266. The van der Waals surface area contributed by atoms with Crippen molar-refractivity contribution < 1.29 is 5.11 Å². The van der Waals surface area contributed by atoms with E-state index in [2.05, 4.69) is 57.5 Å². The van der Waals surface area contributed by atoms with E-state index in [4.69, 9.17) is 0 Å². The number of phenolic OH excluding ortho intramolecular Hbond substituents is 1. The lowest BCUT2D eigenvalue weighted by atomic mass is 10.0. The van der Waals surface area contributed by atoms with Crippen molar-refractivity contribution in [3.05, 3.63) is 79.0 Å². The largest absolute Gasteiger partial charge is 0.508 e. The minimum atomic E-state index is 0.266. The Morgan fingerprint density at radius 1 is 0.839 bits per heavy atom. The molecule has 1 fully saturated rings. The van der Waals surface area contributed by atoms with Crippen LogP contribution in [0.5, 0.6) is 5.75 Å². The van der Waals surface area contributed by atoms with E-state index in [9.17, 15) is 5.11 Å². The van der Waals surface area contributed by atoms with E-state index in [1.165, 1.54) is 5.69 Å². The van der Waals surface area contributed by atoms with Crippen LogP contribution < -0.4 is 10.2 Å². The molecule has 5 heteroatoms. The highest BCUT2D eigenvalue weighted by atomic mass is 16.3. The molecule has 1 aromatic heterocycles. The third-order valence-electron chi connectivity index (χ3n) is 5.94. The van der Waals surface area contributed by atoms with Gasteiger partial charge in [-0.3, -0.25) is 4.98 Å². The first-order valence-corrected chi connectivity index (χ1v) is 10.6. The summed E-state index contributed by atoms with van der Waals surface area (Å²) in [6, 6.07) is 24.2. The zero-order chi connectivity index (χ0) is 21.2. The van der Waals surface area contributed by atoms with E-state index in [0.29, 0.717) is 0 Å². The maximum atomic E-state index is 9.84. The molecule has 4 aromatic rings. The molecule has 31 heavy (non-hydrogen) atoms. The summed E-state index contributed by atoms with van der Waals surface area (Å²) in [5.74, 6) is 0.266. The standard InChI is InChI=1S/C26H26N4O/c1-29-13-15-30(16-14-29)22-8-6-21(7-9-22)28-26-11-12-27-25-10-5-20(18-24(25)26)19-3-2-4-23(31)17-19/h2-12,17-18,31H,13-16H2,1H3,(H,27,28). The van der Waals surface area contributed by atoms with Gasteiger partial charge >= 0.3 is 0 Å². The van der Waals surface area contributed by atoms with Crippen LogP contribution in [-0.4, -0.2) is 48.2 Å². The fourth-order valence-electron chi connectivity index (χ4n) is 4.10. The maximum Gasteiger partial charge on any atom is 0.116 e. The van der Waals surface area contributed by atoms with Gasteiger partial charge in [-0.05, 0) is 72.8 Å². The van der Waals surface area contributed by atoms with Crippen molar-refractivity contribution >= 4 is 28.0 Å². The Bertz CT molecular complexity index is 1200. The van der Waals surface area contributed by atoms with Crippen LogP contribution in [0.15, 0.2) is 79.0 Å². The van der Waals surface area contributed by atoms with E-state index >= 15 is 0 Å². The summed E-state index contributed by atoms with van der Waals surface area (Å²) in [6.45, 7) is 4.33. The zero-order valence-corrected chi connectivity index (χ0v) is 17.6. The summed E-state index contributed by atoms with van der Waals surface area (Å²) < 4.78 is 0. The predicted octanol–water partition coefficient (Wildman–Crippen LogP) is 5.10. The Hall–Kier alpha value is -3.57. The third-order valence-corrected chi connectivity index (χ3v) is 5.94. The van der Waals surface area contributed by atoms with Crippen LogP contribution in [0.25, 0.3) is 22.0 Å². The summed E-state index contributed by atoms with van der Waals surface area (Å²) >= 11 is 0. The van der Waals surface area contributed by atoms with Crippen molar-refractivity contribution in [1.82, 2.24) is 9.88 Å². The van der Waals surface area contributed by atoms with Crippen molar-refractivity contribution in [3.63, 3.8) is 0 Å². The Labute approximate surface area is 182 Å². The minimum Gasteiger partial charge on any atom is -0.508 e. The van der Waals surface area contributed by atoms with Gasteiger partial charge in [0.15, 0.2) is 0 Å². The van der Waals surface area contributed by atoms with Gasteiger partial charge in [-0.2, -0.15) is 0 Å². The molecule has 3 aromatic carbocycles. The van der Waals surface area contributed by atoms with Crippen LogP contribution in [0.3, 0.4) is 0 Å². The van der Waals surface area contributed by atoms with Gasteiger partial charge in [-0.1, -0.05) is 18.2 Å². The molecule has 5 nitrogen and oxygen atoms in total. The molecular formula is C26H26N4O. The van der Waals surface area contributed by atoms with E-state index in [1.54, 1.807) is 12.1 Å². The maximum absolute atomic E-state index is 9.84. The molecule has 0 bridgehead atoms. The molecule has 0 unspecified atom stereocenters. The van der Waals surface area contributed by atoms with Gasteiger partial charge in [0.05, 0.1) is 5.52 Å². The summed E-state index contributed by atoms with van der Waals surface area (Å²) in [4.78, 5) is 9.32. The number of aromatic nitrogens is 1. The lowest BCUT2D eigenvalue weighted by molar-refractivity contribution is 0.313. The highest BCUT2D eigenvalue weighted by Gasteiger charge is 2.14. The molecule has 1 aliphatic heterocycles. The topological polar surface area (TPSA) is 51.6 Å². The molecule has 2 heterocycles. The Morgan fingerprint density at radius 2 is 1.61 bits per heavy atom. The van der Waals surface area contributed by atoms with Crippen molar-refractivity contribution in [2.75, 3.05) is 43.4 Å². The number of nitrogens with one attached hydrogen (secondary N) is 1. The van der Waals surface area contributed by atoms with Crippen molar-refractivity contribution in [3.8, 4) is 16.9 Å². The number of anilines is 3. The normalized spacial score (nSPS) is 14.7. The van der Waals surface area contributed by atoms with Crippen LogP contribution in [0.4, 0.5) is 17.1 Å². The molecule has 0 radical (unpaired) electrons. The van der Waals surface area contributed by atoms with Crippen molar-refractivity contribution in [2.24, 2.45) is 0 Å². The number of aromatic hydroxyl groups is 1. The fraction of sp³-hybridized carbons (Fsp3) is 0.192. The smallest absolute Gasteiger partial charge is 0.116 e. The quantitative estimate of drug-likeness (QED) is 0.490. The molecule has 5 rings (SSSR count). The number of hydrogen-bond acceptors (Lipinski definition) is 5. The Balaban J connectivity index is 1.41. The van der Waals surface area contributed by atoms with E-state index in [0.717, 1.165) is 59.6 Å². The lowest BCUT2D eigenvalue weighted by Gasteiger charge is -2.34. The SMILES string of the molecule is CN1CCN(c2ccc(Nc3ccnc4ccc(-c5cccc(O)c5)cc34)cc2)CC1. The first-order valence-electron chi connectivity index (χ1n) is 10.6. The van der Waals surface area contributed by atoms with Crippen molar-refractivity contribution in [2.45, 2.75) is 0 Å². The predicted molar refractivity (Wildman–Crippen MR) is 128 cm³/mol. The second kappa shape index (κ2) is 8.28. The van der Waals surface area contributed by atoms with Gasteiger partial charge in [0.25, 0.3) is 0 Å².